The Morgan fingerprint density at radius 2 is 0.689 bits per heavy atom. The van der Waals surface area contributed by atoms with Gasteiger partial charge in [0.25, 0.3) is 0 Å². The molecule has 0 radical (unpaired) electrons. The molecule has 0 spiro atoms. The summed E-state index contributed by atoms with van der Waals surface area (Å²) in [6.45, 7) is 0. The average molecular weight is 781 g/mol. The van der Waals surface area contributed by atoms with Crippen LogP contribution in [-0.2, 0) is 0 Å². The van der Waals surface area contributed by atoms with Crippen LogP contribution >= 0.6 is 0 Å². The Kier molecular flexibility index (Phi) is 9.06. The van der Waals surface area contributed by atoms with E-state index in [2.05, 4.69) is 150 Å². The Morgan fingerprint density at radius 3 is 1.34 bits per heavy atom. The van der Waals surface area contributed by atoms with Crippen molar-refractivity contribution in [3.8, 4) is 84.9 Å². The molecule has 6 nitrogen and oxygen atoms in total. The van der Waals surface area contributed by atoms with Gasteiger partial charge in [0.15, 0.2) is 23.3 Å². The van der Waals surface area contributed by atoms with Gasteiger partial charge >= 0.3 is 0 Å². The SMILES string of the molecule is c1ccc(-c2cc(-c3cccc(-c4ccc(-c5nc(-c6ccccc6)nc(-c6ccc7c(c6)c6ccccc6n7-c6ccccc6)n5)cc4)c3)nc(-c3ccccc3)n2)cc1. The van der Waals surface area contributed by atoms with Gasteiger partial charge < -0.3 is 4.57 Å². The molecule has 286 valence electrons. The Labute approximate surface area is 353 Å². The van der Waals surface area contributed by atoms with Crippen LogP contribution in [0.3, 0.4) is 0 Å². The van der Waals surface area contributed by atoms with Crippen LogP contribution in [0, 0.1) is 0 Å². The highest BCUT2D eigenvalue weighted by Crippen LogP contribution is 2.36. The molecule has 3 aromatic heterocycles. The van der Waals surface area contributed by atoms with E-state index >= 15 is 0 Å². The molecule has 0 atom stereocenters. The summed E-state index contributed by atoms with van der Waals surface area (Å²) in [4.78, 5) is 25.3. The third-order valence-corrected chi connectivity index (χ3v) is 11.1. The zero-order chi connectivity index (χ0) is 40.5. The molecule has 11 rings (SSSR count). The zero-order valence-electron chi connectivity index (χ0n) is 33.0. The summed E-state index contributed by atoms with van der Waals surface area (Å²) in [6.07, 6.45) is 0. The Bertz CT molecular complexity index is 3270. The number of aromatic nitrogens is 6. The molecular weight excluding hydrogens is 745 g/mol. The number of hydrogen-bond donors (Lipinski definition) is 0. The number of nitrogens with zero attached hydrogens (tertiary/aromatic N) is 6. The van der Waals surface area contributed by atoms with Crippen LogP contribution in [0.1, 0.15) is 0 Å². The van der Waals surface area contributed by atoms with Crippen LogP contribution in [0.2, 0.25) is 0 Å². The van der Waals surface area contributed by atoms with Crippen LogP contribution in [0.15, 0.2) is 218 Å². The minimum atomic E-state index is 0.610. The van der Waals surface area contributed by atoms with Gasteiger partial charge in [-0.3, -0.25) is 0 Å². The fraction of sp³-hybridized carbons (Fsp3) is 0. The van der Waals surface area contributed by atoms with E-state index in [1.165, 1.54) is 5.39 Å². The molecule has 0 bridgehead atoms. The Balaban J connectivity index is 0.973. The van der Waals surface area contributed by atoms with Crippen LogP contribution < -0.4 is 0 Å². The van der Waals surface area contributed by atoms with Gasteiger partial charge in [-0.15, -0.1) is 0 Å². The predicted molar refractivity (Wildman–Crippen MR) is 248 cm³/mol. The first kappa shape index (κ1) is 35.8. The highest BCUT2D eigenvalue weighted by molar-refractivity contribution is 6.10. The van der Waals surface area contributed by atoms with E-state index in [9.17, 15) is 0 Å². The quantitative estimate of drug-likeness (QED) is 0.154. The molecule has 3 heterocycles. The number of para-hydroxylation sites is 2. The van der Waals surface area contributed by atoms with Gasteiger partial charge in [0, 0.05) is 49.8 Å². The molecule has 8 aromatic carbocycles. The molecule has 0 unspecified atom stereocenters. The molecule has 0 aliphatic carbocycles. The fourth-order valence-electron chi connectivity index (χ4n) is 8.06. The predicted octanol–water partition coefficient (Wildman–Crippen LogP) is 13.4. The largest absolute Gasteiger partial charge is 0.309 e. The lowest BCUT2D eigenvalue weighted by Crippen LogP contribution is -2.00. The lowest BCUT2D eigenvalue weighted by atomic mass is 9.99. The summed E-state index contributed by atoms with van der Waals surface area (Å²) in [5.74, 6) is 2.54. The number of rotatable bonds is 8. The molecule has 0 aliphatic rings. The molecule has 61 heavy (non-hydrogen) atoms. The second kappa shape index (κ2) is 15.4. The van der Waals surface area contributed by atoms with E-state index in [0.29, 0.717) is 23.3 Å². The van der Waals surface area contributed by atoms with Crippen molar-refractivity contribution in [1.29, 1.82) is 0 Å². The lowest BCUT2D eigenvalue weighted by Gasteiger charge is -2.11. The highest BCUT2D eigenvalue weighted by atomic mass is 15.0. The van der Waals surface area contributed by atoms with Gasteiger partial charge in [-0.05, 0) is 59.7 Å². The topological polar surface area (TPSA) is 69.4 Å². The van der Waals surface area contributed by atoms with Crippen molar-refractivity contribution in [3.63, 3.8) is 0 Å². The summed E-state index contributed by atoms with van der Waals surface area (Å²) < 4.78 is 2.32. The van der Waals surface area contributed by atoms with Gasteiger partial charge in [-0.1, -0.05) is 170 Å². The molecule has 0 aliphatic heterocycles. The Hall–Kier alpha value is -8.35. The minimum absolute atomic E-state index is 0.610. The third kappa shape index (κ3) is 6.92. The lowest BCUT2D eigenvalue weighted by molar-refractivity contribution is 1.07. The maximum atomic E-state index is 5.13. The molecule has 11 aromatic rings. The smallest absolute Gasteiger partial charge is 0.164 e. The second-order valence-corrected chi connectivity index (χ2v) is 14.9. The summed E-state index contributed by atoms with van der Waals surface area (Å²) in [6, 6.07) is 75.1. The first-order chi connectivity index (χ1) is 30.2. The summed E-state index contributed by atoms with van der Waals surface area (Å²) in [5, 5.41) is 2.31. The van der Waals surface area contributed by atoms with Crippen molar-refractivity contribution >= 4 is 21.8 Å². The van der Waals surface area contributed by atoms with Crippen LogP contribution in [-0.4, -0.2) is 29.5 Å². The maximum absolute atomic E-state index is 5.13. The average Bonchev–Trinajstić information content (AvgIpc) is 3.68. The molecule has 6 heteroatoms. The molecular formula is C55H36N6. The molecule has 0 saturated heterocycles. The van der Waals surface area contributed by atoms with Gasteiger partial charge in [0.1, 0.15) is 0 Å². The van der Waals surface area contributed by atoms with E-state index in [1.807, 2.05) is 72.8 Å². The van der Waals surface area contributed by atoms with E-state index < -0.39 is 0 Å². The van der Waals surface area contributed by atoms with Gasteiger partial charge in [-0.2, -0.15) is 0 Å². The van der Waals surface area contributed by atoms with Crippen molar-refractivity contribution in [1.82, 2.24) is 29.5 Å². The standard InChI is InChI=1S/C55H36N6/c1-5-16-38(17-6-1)48-36-49(57-52(56-48)39-18-7-2-8-19-39)43-23-15-22-42(34-43)37-28-30-41(31-29-37)54-58-53(40-20-9-3-10-21-40)59-55(60-54)44-32-33-51-47(35-44)46-26-13-14-27-50(46)61(51)45-24-11-4-12-25-45/h1-36H. The minimum Gasteiger partial charge on any atom is -0.309 e. The van der Waals surface area contributed by atoms with Gasteiger partial charge in [-0.25, -0.2) is 24.9 Å². The first-order valence-electron chi connectivity index (χ1n) is 20.3. The fourth-order valence-corrected chi connectivity index (χ4v) is 8.06. The van der Waals surface area contributed by atoms with Crippen LogP contribution in [0.25, 0.3) is 107 Å². The van der Waals surface area contributed by atoms with Crippen LogP contribution in [0.4, 0.5) is 0 Å². The Morgan fingerprint density at radius 1 is 0.246 bits per heavy atom. The summed E-state index contributed by atoms with van der Waals surface area (Å²) in [5.41, 5.74) is 13.1. The van der Waals surface area contributed by atoms with Crippen molar-refractivity contribution < 1.29 is 0 Å². The zero-order valence-corrected chi connectivity index (χ0v) is 33.0. The normalized spacial score (nSPS) is 11.3. The van der Waals surface area contributed by atoms with E-state index in [1.54, 1.807) is 0 Å². The molecule has 0 saturated carbocycles. The van der Waals surface area contributed by atoms with Crippen molar-refractivity contribution in [2.24, 2.45) is 0 Å². The molecule has 0 amide bonds. The maximum Gasteiger partial charge on any atom is 0.164 e. The second-order valence-electron chi connectivity index (χ2n) is 14.9. The third-order valence-electron chi connectivity index (χ3n) is 11.1. The number of hydrogen-bond acceptors (Lipinski definition) is 5. The molecule has 0 fully saturated rings. The molecule has 0 N–H and O–H groups in total. The monoisotopic (exact) mass is 780 g/mol. The van der Waals surface area contributed by atoms with E-state index in [0.717, 1.165) is 78.0 Å². The van der Waals surface area contributed by atoms with E-state index in [-0.39, 0.29) is 0 Å². The highest BCUT2D eigenvalue weighted by Gasteiger charge is 2.17. The van der Waals surface area contributed by atoms with Gasteiger partial charge in [0.05, 0.1) is 22.4 Å². The van der Waals surface area contributed by atoms with E-state index in [4.69, 9.17) is 24.9 Å². The summed E-state index contributed by atoms with van der Waals surface area (Å²) >= 11 is 0. The summed E-state index contributed by atoms with van der Waals surface area (Å²) in [7, 11) is 0. The number of benzene rings is 8. The van der Waals surface area contributed by atoms with Crippen molar-refractivity contribution in [3.05, 3.63) is 218 Å². The van der Waals surface area contributed by atoms with Gasteiger partial charge in [0.2, 0.25) is 0 Å². The van der Waals surface area contributed by atoms with Crippen LogP contribution in [0.5, 0.6) is 0 Å². The van der Waals surface area contributed by atoms with Crippen molar-refractivity contribution in [2.45, 2.75) is 0 Å². The van der Waals surface area contributed by atoms with Crippen molar-refractivity contribution in [2.75, 3.05) is 0 Å². The first-order valence-corrected chi connectivity index (χ1v) is 20.3. The number of fused-ring (bicyclic) bond motifs is 3.